The third-order valence-corrected chi connectivity index (χ3v) is 4.54. The molecule has 0 saturated carbocycles. The standard InChI is InChI=1S/C22H19N3O4/c1-14(26)15-7-9-16(10-8-15)28-13-17-11-12-20(29-17)21(27)24-22-23-18-5-3-4-6-19(18)25(22)2/h3-12H,13H2,1-2H3,(H,23,24,27). The van der Waals surface area contributed by atoms with Crippen LogP contribution >= 0.6 is 0 Å². The summed E-state index contributed by atoms with van der Waals surface area (Å²) in [5, 5.41) is 2.77. The number of benzene rings is 2. The molecule has 2 aromatic heterocycles. The molecular formula is C22H19N3O4. The lowest BCUT2D eigenvalue weighted by atomic mass is 10.1. The third kappa shape index (κ3) is 3.89. The number of amides is 1. The van der Waals surface area contributed by atoms with E-state index in [-0.39, 0.29) is 24.1 Å². The largest absolute Gasteiger partial charge is 0.486 e. The molecule has 0 fully saturated rings. The summed E-state index contributed by atoms with van der Waals surface area (Å²) < 4.78 is 13.0. The molecule has 2 heterocycles. The highest BCUT2D eigenvalue weighted by atomic mass is 16.5. The summed E-state index contributed by atoms with van der Waals surface area (Å²) in [5.74, 6) is 1.34. The van der Waals surface area contributed by atoms with Gasteiger partial charge in [-0.25, -0.2) is 4.98 Å². The molecule has 4 aromatic rings. The van der Waals surface area contributed by atoms with Crippen molar-refractivity contribution in [3.8, 4) is 5.75 Å². The van der Waals surface area contributed by atoms with Gasteiger partial charge in [-0.3, -0.25) is 14.9 Å². The number of hydrogen-bond acceptors (Lipinski definition) is 5. The predicted molar refractivity (Wildman–Crippen MR) is 108 cm³/mol. The van der Waals surface area contributed by atoms with Crippen molar-refractivity contribution in [2.45, 2.75) is 13.5 Å². The molecule has 0 atom stereocenters. The number of imidazole rings is 1. The number of carbonyl (C=O) groups excluding carboxylic acids is 2. The molecule has 4 rings (SSSR count). The molecule has 146 valence electrons. The van der Waals surface area contributed by atoms with Crippen LogP contribution in [-0.2, 0) is 13.7 Å². The second kappa shape index (κ2) is 7.63. The van der Waals surface area contributed by atoms with Crippen LogP contribution in [0.3, 0.4) is 0 Å². The van der Waals surface area contributed by atoms with Crippen LogP contribution in [0.15, 0.2) is 65.1 Å². The number of ketones is 1. The van der Waals surface area contributed by atoms with Crippen molar-refractivity contribution in [1.82, 2.24) is 9.55 Å². The number of aromatic nitrogens is 2. The SMILES string of the molecule is CC(=O)c1ccc(OCc2ccc(C(=O)Nc3nc4ccccc4n3C)o2)cc1. The van der Waals surface area contributed by atoms with Gasteiger partial charge in [0.25, 0.3) is 5.91 Å². The molecular weight excluding hydrogens is 370 g/mol. The van der Waals surface area contributed by atoms with Gasteiger partial charge in [-0.15, -0.1) is 0 Å². The molecule has 0 aliphatic rings. The van der Waals surface area contributed by atoms with Gasteiger partial charge in [0.1, 0.15) is 18.1 Å². The maximum Gasteiger partial charge on any atom is 0.293 e. The van der Waals surface area contributed by atoms with Gasteiger partial charge in [0.2, 0.25) is 5.95 Å². The Labute approximate surface area is 166 Å². The van der Waals surface area contributed by atoms with E-state index >= 15 is 0 Å². The zero-order chi connectivity index (χ0) is 20.4. The Morgan fingerprint density at radius 3 is 2.55 bits per heavy atom. The number of carbonyl (C=O) groups is 2. The summed E-state index contributed by atoms with van der Waals surface area (Å²) in [5.41, 5.74) is 2.35. The highest BCUT2D eigenvalue weighted by Gasteiger charge is 2.15. The molecule has 0 aliphatic carbocycles. The van der Waals surface area contributed by atoms with E-state index in [1.807, 2.05) is 35.9 Å². The van der Waals surface area contributed by atoms with Crippen LogP contribution in [0.1, 0.15) is 33.6 Å². The zero-order valence-electron chi connectivity index (χ0n) is 16.0. The minimum absolute atomic E-state index is 0.00107. The normalized spacial score (nSPS) is 10.8. The Hall–Kier alpha value is -3.87. The van der Waals surface area contributed by atoms with Crippen molar-refractivity contribution in [2.24, 2.45) is 7.05 Å². The number of fused-ring (bicyclic) bond motifs is 1. The average Bonchev–Trinajstić information content (AvgIpc) is 3.32. The van der Waals surface area contributed by atoms with Crippen molar-refractivity contribution >= 4 is 28.7 Å². The van der Waals surface area contributed by atoms with Crippen LogP contribution in [0, 0.1) is 0 Å². The molecule has 7 heteroatoms. The van der Waals surface area contributed by atoms with E-state index in [1.165, 1.54) is 6.92 Å². The van der Waals surface area contributed by atoms with E-state index in [0.717, 1.165) is 11.0 Å². The number of Topliss-reactive ketones (excluding diaryl/α,β-unsaturated/α-hetero) is 1. The van der Waals surface area contributed by atoms with E-state index < -0.39 is 0 Å². The van der Waals surface area contributed by atoms with Gasteiger partial charge >= 0.3 is 0 Å². The third-order valence-electron chi connectivity index (χ3n) is 4.54. The minimum Gasteiger partial charge on any atom is -0.486 e. The fourth-order valence-corrected chi connectivity index (χ4v) is 2.94. The Morgan fingerprint density at radius 1 is 1.07 bits per heavy atom. The van der Waals surface area contributed by atoms with Gasteiger partial charge in [0.05, 0.1) is 11.0 Å². The lowest BCUT2D eigenvalue weighted by Gasteiger charge is -2.05. The molecule has 0 spiro atoms. The fraction of sp³-hybridized carbons (Fsp3) is 0.136. The van der Waals surface area contributed by atoms with Crippen molar-refractivity contribution in [1.29, 1.82) is 0 Å². The van der Waals surface area contributed by atoms with Gasteiger partial charge < -0.3 is 13.7 Å². The van der Waals surface area contributed by atoms with Crippen LogP contribution in [0.25, 0.3) is 11.0 Å². The van der Waals surface area contributed by atoms with E-state index in [1.54, 1.807) is 36.4 Å². The first-order valence-electron chi connectivity index (χ1n) is 9.06. The topological polar surface area (TPSA) is 86.4 Å². The summed E-state index contributed by atoms with van der Waals surface area (Å²) in [4.78, 5) is 28.2. The Bertz CT molecular complexity index is 1190. The fourth-order valence-electron chi connectivity index (χ4n) is 2.94. The first kappa shape index (κ1) is 18.5. The predicted octanol–water partition coefficient (Wildman–Crippen LogP) is 4.20. The summed E-state index contributed by atoms with van der Waals surface area (Å²) in [6.07, 6.45) is 0. The van der Waals surface area contributed by atoms with Gasteiger partial charge in [-0.05, 0) is 55.5 Å². The number of anilines is 1. The second-order valence-corrected chi connectivity index (χ2v) is 6.57. The Morgan fingerprint density at radius 2 is 1.83 bits per heavy atom. The first-order valence-corrected chi connectivity index (χ1v) is 9.06. The molecule has 1 N–H and O–H groups in total. The van der Waals surface area contributed by atoms with E-state index in [0.29, 0.717) is 23.0 Å². The highest BCUT2D eigenvalue weighted by molar-refractivity contribution is 6.02. The molecule has 0 radical (unpaired) electrons. The smallest absolute Gasteiger partial charge is 0.293 e. The molecule has 0 bridgehead atoms. The summed E-state index contributed by atoms with van der Waals surface area (Å²) in [6.45, 7) is 1.68. The summed E-state index contributed by atoms with van der Waals surface area (Å²) >= 11 is 0. The number of rotatable bonds is 6. The molecule has 0 saturated heterocycles. The van der Waals surface area contributed by atoms with Crippen molar-refractivity contribution in [3.05, 3.63) is 77.7 Å². The Kier molecular flexibility index (Phi) is 4.87. The monoisotopic (exact) mass is 389 g/mol. The molecule has 1 amide bonds. The van der Waals surface area contributed by atoms with Crippen LogP contribution in [0.4, 0.5) is 5.95 Å². The second-order valence-electron chi connectivity index (χ2n) is 6.57. The number of para-hydroxylation sites is 2. The quantitative estimate of drug-likeness (QED) is 0.500. The summed E-state index contributed by atoms with van der Waals surface area (Å²) in [6, 6.07) is 17.8. The van der Waals surface area contributed by atoms with Crippen LogP contribution in [0.5, 0.6) is 5.75 Å². The number of ether oxygens (including phenoxy) is 1. The number of hydrogen-bond donors (Lipinski definition) is 1. The van der Waals surface area contributed by atoms with Crippen LogP contribution < -0.4 is 10.1 Å². The number of nitrogens with one attached hydrogen (secondary N) is 1. The number of furan rings is 1. The number of aryl methyl sites for hydroxylation is 1. The van der Waals surface area contributed by atoms with E-state index in [4.69, 9.17) is 9.15 Å². The lowest BCUT2D eigenvalue weighted by molar-refractivity contribution is 0.0989. The van der Waals surface area contributed by atoms with Crippen LogP contribution in [-0.4, -0.2) is 21.2 Å². The maximum atomic E-state index is 12.5. The van der Waals surface area contributed by atoms with Gasteiger partial charge in [0.15, 0.2) is 11.5 Å². The van der Waals surface area contributed by atoms with Crippen molar-refractivity contribution < 1.29 is 18.7 Å². The van der Waals surface area contributed by atoms with E-state index in [2.05, 4.69) is 10.3 Å². The summed E-state index contributed by atoms with van der Waals surface area (Å²) in [7, 11) is 1.84. The maximum absolute atomic E-state index is 12.5. The van der Waals surface area contributed by atoms with Gasteiger partial charge in [-0.2, -0.15) is 0 Å². The molecule has 29 heavy (non-hydrogen) atoms. The minimum atomic E-state index is -0.388. The zero-order valence-corrected chi connectivity index (χ0v) is 16.0. The average molecular weight is 389 g/mol. The molecule has 0 aliphatic heterocycles. The molecule has 0 unspecified atom stereocenters. The molecule has 2 aromatic carbocycles. The van der Waals surface area contributed by atoms with Crippen molar-refractivity contribution in [3.63, 3.8) is 0 Å². The first-order chi connectivity index (χ1) is 14.0. The number of nitrogens with zero attached hydrogens (tertiary/aromatic N) is 2. The van der Waals surface area contributed by atoms with Gasteiger partial charge in [0, 0.05) is 12.6 Å². The van der Waals surface area contributed by atoms with Crippen LogP contribution in [0.2, 0.25) is 0 Å². The Balaban J connectivity index is 1.40. The van der Waals surface area contributed by atoms with Gasteiger partial charge in [-0.1, -0.05) is 12.1 Å². The van der Waals surface area contributed by atoms with Crippen molar-refractivity contribution in [2.75, 3.05) is 5.32 Å². The molecule has 7 nitrogen and oxygen atoms in total. The van der Waals surface area contributed by atoms with E-state index in [9.17, 15) is 9.59 Å². The lowest BCUT2D eigenvalue weighted by Crippen LogP contribution is -2.14. The highest BCUT2D eigenvalue weighted by Crippen LogP contribution is 2.19.